The van der Waals surface area contributed by atoms with Crippen LogP contribution < -0.4 is 0 Å². The standard InChI is InChI=1S/C17H21N3O2/c1-13-3-5-15(6-4-13)17(21)20-9-7-19(8-10-20)12-16-11-14(2)22-18-16/h3-6,11H,7-10,12H2,1-2H3. The largest absolute Gasteiger partial charge is 0.361 e. The molecule has 2 heterocycles. The zero-order chi connectivity index (χ0) is 15.5. The number of nitrogens with zero attached hydrogens (tertiary/aromatic N) is 3. The van der Waals surface area contributed by atoms with Gasteiger partial charge in [0.2, 0.25) is 0 Å². The number of carbonyl (C=O) groups excluding carboxylic acids is 1. The van der Waals surface area contributed by atoms with Gasteiger partial charge in [-0.05, 0) is 26.0 Å². The molecule has 0 saturated carbocycles. The third kappa shape index (κ3) is 3.36. The van der Waals surface area contributed by atoms with Crippen molar-refractivity contribution in [3.05, 3.63) is 52.9 Å². The summed E-state index contributed by atoms with van der Waals surface area (Å²) in [6.07, 6.45) is 0. The number of piperazine rings is 1. The number of hydrogen-bond acceptors (Lipinski definition) is 4. The van der Waals surface area contributed by atoms with Gasteiger partial charge in [0, 0.05) is 44.4 Å². The quantitative estimate of drug-likeness (QED) is 0.872. The van der Waals surface area contributed by atoms with Crippen LogP contribution in [0.25, 0.3) is 0 Å². The Morgan fingerprint density at radius 1 is 1.14 bits per heavy atom. The highest BCUT2D eigenvalue weighted by Gasteiger charge is 2.22. The van der Waals surface area contributed by atoms with Gasteiger partial charge in [0.1, 0.15) is 5.76 Å². The summed E-state index contributed by atoms with van der Waals surface area (Å²) in [6.45, 7) is 7.94. The van der Waals surface area contributed by atoms with E-state index in [0.29, 0.717) is 0 Å². The highest BCUT2D eigenvalue weighted by molar-refractivity contribution is 5.94. The van der Waals surface area contributed by atoms with Crippen molar-refractivity contribution >= 4 is 5.91 Å². The van der Waals surface area contributed by atoms with Crippen LogP contribution in [0.2, 0.25) is 0 Å². The lowest BCUT2D eigenvalue weighted by Crippen LogP contribution is -2.48. The summed E-state index contributed by atoms with van der Waals surface area (Å²) in [4.78, 5) is 16.7. The van der Waals surface area contributed by atoms with Crippen LogP contribution in [0.3, 0.4) is 0 Å². The predicted octanol–water partition coefficient (Wildman–Crippen LogP) is 2.25. The fourth-order valence-corrected chi connectivity index (χ4v) is 2.71. The Labute approximate surface area is 130 Å². The molecule has 0 bridgehead atoms. The highest BCUT2D eigenvalue weighted by Crippen LogP contribution is 2.12. The molecule has 1 aliphatic heterocycles. The maximum atomic E-state index is 12.5. The number of amides is 1. The van der Waals surface area contributed by atoms with Gasteiger partial charge in [-0.1, -0.05) is 22.9 Å². The molecule has 0 spiro atoms. The van der Waals surface area contributed by atoms with E-state index >= 15 is 0 Å². The molecule has 3 rings (SSSR count). The Morgan fingerprint density at radius 2 is 1.82 bits per heavy atom. The summed E-state index contributed by atoms with van der Waals surface area (Å²) in [6, 6.07) is 9.74. The highest BCUT2D eigenvalue weighted by atomic mass is 16.5. The number of aryl methyl sites for hydroxylation is 2. The van der Waals surface area contributed by atoms with Crippen molar-refractivity contribution in [2.45, 2.75) is 20.4 Å². The molecule has 1 aliphatic rings. The molecule has 22 heavy (non-hydrogen) atoms. The molecule has 0 radical (unpaired) electrons. The normalized spacial score (nSPS) is 16.0. The lowest BCUT2D eigenvalue weighted by atomic mass is 10.1. The minimum Gasteiger partial charge on any atom is -0.361 e. The van der Waals surface area contributed by atoms with E-state index in [4.69, 9.17) is 4.52 Å². The number of aromatic nitrogens is 1. The minimum absolute atomic E-state index is 0.122. The van der Waals surface area contributed by atoms with Gasteiger partial charge >= 0.3 is 0 Å². The Hall–Kier alpha value is -2.14. The zero-order valence-corrected chi connectivity index (χ0v) is 13.1. The van der Waals surface area contributed by atoms with Crippen molar-refractivity contribution in [3.63, 3.8) is 0 Å². The molecule has 1 saturated heterocycles. The summed E-state index contributed by atoms with van der Waals surface area (Å²) in [7, 11) is 0. The summed E-state index contributed by atoms with van der Waals surface area (Å²) < 4.78 is 5.09. The molecular formula is C17H21N3O2. The number of carbonyl (C=O) groups is 1. The van der Waals surface area contributed by atoms with Gasteiger partial charge in [0.15, 0.2) is 0 Å². The fraction of sp³-hybridized carbons (Fsp3) is 0.412. The van der Waals surface area contributed by atoms with Gasteiger partial charge in [-0.2, -0.15) is 0 Å². The van der Waals surface area contributed by atoms with Gasteiger partial charge in [0.05, 0.1) is 5.69 Å². The Morgan fingerprint density at radius 3 is 2.41 bits per heavy atom. The van der Waals surface area contributed by atoms with E-state index in [1.54, 1.807) is 0 Å². The molecule has 1 aromatic heterocycles. The van der Waals surface area contributed by atoms with Crippen molar-refractivity contribution < 1.29 is 9.32 Å². The zero-order valence-electron chi connectivity index (χ0n) is 13.1. The van der Waals surface area contributed by atoms with E-state index in [0.717, 1.165) is 49.7 Å². The van der Waals surface area contributed by atoms with Gasteiger partial charge in [0.25, 0.3) is 5.91 Å². The van der Waals surface area contributed by atoms with Crippen LogP contribution in [0, 0.1) is 13.8 Å². The van der Waals surface area contributed by atoms with Crippen LogP contribution in [0.5, 0.6) is 0 Å². The van der Waals surface area contributed by atoms with Gasteiger partial charge in [-0.3, -0.25) is 9.69 Å². The number of hydrogen-bond donors (Lipinski definition) is 0. The summed E-state index contributed by atoms with van der Waals surface area (Å²) in [5, 5.41) is 4.02. The molecule has 1 fully saturated rings. The Kier molecular flexibility index (Phi) is 4.24. The van der Waals surface area contributed by atoms with E-state index in [2.05, 4.69) is 10.1 Å². The first-order valence-corrected chi connectivity index (χ1v) is 7.62. The van der Waals surface area contributed by atoms with Crippen LogP contribution in [-0.4, -0.2) is 47.0 Å². The molecule has 0 atom stereocenters. The molecule has 1 aromatic carbocycles. The van der Waals surface area contributed by atoms with Crippen molar-refractivity contribution in [2.24, 2.45) is 0 Å². The van der Waals surface area contributed by atoms with Crippen LogP contribution in [-0.2, 0) is 6.54 Å². The summed E-state index contributed by atoms with van der Waals surface area (Å²) >= 11 is 0. The van der Waals surface area contributed by atoms with Crippen LogP contribution in [0.15, 0.2) is 34.9 Å². The van der Waals surface area contributed by atoms with Gasteiger partial charge < -0.3 is 9.42 Å². The molecular weight excluding hydrogens is 278 g/mol. The minimum atomic E-state index is 0.122. The molecule has 0 aliphatic carbocycles. The van der Waals surface area contributed by atoms with Crippen LogP contribution in [0.1, 0.15) is 27.4 Å². The summed E-state index contributed by atoms with van der Waals surface area (Å²) in [5.74, 6) is 0.958. The molecule has 5 nitrogen and oxygen atoms in total. The average molecular weight is 299 g/mol. The van der Waals surface area contributed by atoms with E-state index in [1.165, 1.54) is 5.56 Å². The van der Waals surface area contributed by atoms with Gasteiger partial charge in [-0.15, -0.1) is 0 Å². The SMILES string of the molecule is Cc1ccc(C(=O)N2CCN(Cc3cc(C)on3)CC2)cc1. The topological polar surface area (TPSA) is 49.6 Å². The van der Waals surface area contributed by atoms with Crippen molar-refractivity contribution in [1.82, 2.24) is 15.0 Å². The van der Waals surface area contributed by atoms with E-state index in [1.807, 2.05) is 49.1 Å². The second-order valence-electron chi connectivity index (χ2n) is 5.86. The average Bonchev–Trinajstić information content (AvgIpc) is 2.93. The first kappa shape index (κ1) is 14.8. The molecule has 0 N–H and O–H groups in total. The molecule has 116 valence electrons. The maximum absolute atomic E-state index is 12.5. The van der Waals surface area contributed by atoms with Crippen molar-refractivity contribution in [3.8, 4) is 0 Å². The molecule has 5 heteroatoms. The second-order valence-corrected chi connectivity index (χ2v) is 5.86. The number of rotatable bonds is 3. The van der Waals surface area contributed by atoms with Crippen molar-refractivity contribution in [1.29, 1.82) is 0 Å². The molecule has 0 unspecified atom stereocenters. The first-order valence-electron chi connectivity index (χ1n) is 7.62. The van der Waals surface area contributed by atoms with Gasteiger partial charge in [-0.25, -0.2) is 0 Å². The first-order chi connectivity index (χ1) is 10.6. The summed E-state index contributed by atoms with van der Waals surface area (Å²) in [5.41, 5.74) is 2.89. The van der Waals surface area contributed by atoms with Crippen LogP contribution in [0.4, 0.5) is 0 Å². The van der Waals surface area contributed by atoms with E-state index < -0.39 is 0 Å². The predicted molar refractivity (Wildman–Crippen MR) is 83.6 cm³/mol. The maximum Gasteiger partial charge on any atom is 0.253 e. The molecule has 1 amide bonds. The fourth-order valence-electron chi connectivity index (χ4n) is 2.71. The third-order valence-electron chi connectivity index (χ3n) is 4.02. The Balaban J connectivity index is 1.55. The third-order valence-corrected chi connectivity index (χ3v) is 4.02. The van der Waals surface area contributed by atoms with E-state index in [-0.39, 0.29) is 5.91 Å². The second kappa shape index (κ2) is 6.32. The van der Waals surface area contributed by atoms with Crippen LogP contribution >= 0.6 is 0 Å². The lowest BCUT2D eigenvalue weighted by molar-refractivity contribution is 0.0625. The Bertz CT molecular complexity index is 640. The lowest BCUT2D eigenvalue weighted by Gasteiger charge is -2.34. The molecule has 2 aromatic rings. The smallest absolute Gasteiger partial charge is 0.253 e. The number of benzene rings is 1. The van der Waals surface area contributed by atoms with Crippen molar-refractivity contribution in [2.75, 3.05) is 26.2 Å². The monoisotopic (exact) mass is 299 g/mol. The van der Waals surface area contributed by atoms with E-state index in [9.17, 15) is 4.79 Å².